The van der Waals surface area contributed by atoms with E-state index >= 15 is 4.39 Å². The summed E-state index contributed by atoms with van der Waals surface area (Å²) in [6.07, 6.45) is 8.83. The number of halogens is 2. The first-order valence-electron chi connectivity index (χ1n) is 15.1. The van der Waals surface area contributed by atoms with Crippen molar-refractivity contribution in [2.75, 3.05) is 38.5 Å². The molecular weight excluding hydrogens is 612 g/mol. The maximum absolute atomic E-state index is 16.8. The molecule has 0 N–H and O–H groups in total. The molecule has 2 aliphatic heterocycles. The van der Waals surface area contributed by atoms with Crippen LogP contribution < -0.4 is 14.4 Å². The summed E-state index contributed by atoms with van der Waals surface area (Å²) in [5.74, 6) is 1.55. The molecule has 13 heteroatoms. The van der Waals surface area contributed by atoms with E-state index in [1.54, 1.807) is 11.0 Å². The Kier molecular flexibility index (Phi) is 8.55. The van der Waals surface area contributed by atoms with Crippen LogP contribution in [0.15, 0.2) is 30.5 Å². The summed E-state index contributed by atoms with van der Waals surface area (Å²) in [6.45, 7) is 5.82. The molecule has 2 aromatic carbocycles. The Morgan fingerprint density at radius 2 is 1.87 bits per heavy atom. The Morgan fingerprint density at radius 1 is 1.13 bits per heavy atom. The molecule has 2 unspecified atom stereocenters. The second-order valence-electron chi connectivity index (χ2n) is 12.4. The Hall–Kier alpha value is -5.09. The predicted molar refractivity (Wildman–Crippen MR) is 169 cm³/mol. The fourth-order valence-electron chi connectivity index (χ4n) is 6.26. The number of piperazine rings is 1. The quantitative estimate of drug-likeness (QED) is 0.143. The topological polar surface area (TPSA) is 116 Å². The zero-order chi connectivity index (χ0) is 33.5. The lowest BCUT2D eigenvalue weighted by Gasteiger charge is -2.42. The van der Waals surface area contributed by atoms with Gasteiger partial charge in [-0.2, -0.15) is 9.97 Å². The number of ether oxygens (including phenoxy) is 4. The highest BCUT2D eigenvalue weighted by Crippen LogP contribution is 2.40. The predicted octanol–water partition coefficient (Wildman–Crippen LogP) is 5.25. The number of hydrogen-bond acceptors (Lipinski definition) is 10. The third-order valence-corrected chi connectivity index (χ3v) is 8.09. The minimum Gasteiger partial charge on any atom is -0.468 e. The van der Waals surface area contributed by atoms with E-state index in [9.17, 15) is 14.0 Å². The number of hydrogen-bond donors (Lipinski definition) is 0. The molecule has 2 bridgehead atoms. The van der Waals surface area contributed by atoms with Gasteiger partial charge in [-0.3, -0.25) is 14.7 Å². The molecule has 6 rings (SSSR count). The lowest BCUT2D eigenvalue weighted by molar-refractivity contribution is -0.109. The van der Waals surface area contributed by atoms with Crippen molar-refractivity contribution in [3.05, 3.63) is 47.7 Å². The monoisotopic (exact) mass is 645 g/mol. The van der Waals surface area contributed by atoms with Gasteiger partial charge in [0, 0.05) is 37.3 Å². The van der Waals surface area contributed by atoms with Gasteiger partial charge in [-0.25, -0.2) is 13.6 Å². The first-order valence-corrected chi connectivity index (χ1v) is 15.1. The minimum absolute atomic E-state index is 0.0613. The van der Waals surface area contributed by atoms with Crippen molar-refractivity contribution in [3.8, 4) is 35.4 Å². The number of aromatic nitrogens is 3. The number of rotatable bonds is 8. The SMILES string of the molecule is C#Cc1c(F)ccc2cc(OCOC)cc(-c3ncc4c(N5CC6CCC(C5)N6C(=O)OC(C)(C)C)nc(OCC=O)nc4c3F)c12. The van der Waals surface area contributed by atoms with E-state index in [1.165, 1.54) is 31.5 Å². The molecular formula is C34H33F2N5O6. The summed E-state index contributed by atoms with van der Waals surface area (Å²) in [6, 6.07) is 5.37. The molecule has 0 saturated carbocycles. The molecule has 1 amide bonds. The fourth-order valence-corrected chi connectivity index (χ4v) is 6.26. The molecule has 2 saturated heterocycles. The van der Waals surface area contributed by atoms with Gasteiger partial charge in [0.1, 0.15) is 40.8 Å². The number of methoxy groups -OCH3 is 1. The second kappa shape index (κ2) is 12.6. The molecule has 244 valence electrons. The molecule has 4 heterocycles. The van der Waals surface area contributed by atoms with E-state index in [0.717, 1.165) is 12.8 Å². The third kappa shape index (κ3) is 6.08. The number of pyridine rings is 1. The number of aldehydes is 1. The van der Waals surface area contributed by atoms with E-state index in [-0.39, 0.29) is 70.7 Å². The summed E-state index contributed by atoms with van der Waals surface area (Å²) in [7, 11) is 1.46. The maximum atomic E-state index is 16.8. The van der Waals surface area contributed by atoms with E-state index in [1.807, 2.05) is 25.7 Å². The van der Waals surface area contributed by atoms with Crippen LogP contribution in [0, 0.1) is 24.0 Å². The molecule has 0 radical (unpaired) electrons. The van der Waals surface area contributed by atoms with Gasteiger partial charge in [0.2, 0.25) is 0 Å². The van der Waals surface area contributed by atoms with Gasteiger partial charge in [0.05, 0.1) is 23.0 Å². The van der Waals surface area contributed by atoms with Crippen molar-refractivity contribution < 1.29 is 37.3 Å². The van der Waals surface area contributed by atoms with Crippen LogP contribution in [0.5, 0.6) is 11.8 Å². The second-order valence-corrected chi connectivity index (χ2v) is 12.4. The van der Waals surface area contributed by atoms with Crippen molar-refractivity contribution in [2.24, 2.45) is 0 Å². The molecule has 47 heavy (non-hydrogen) atoms. The number of nitrogens with zero attached hydrogens (tertiary/aromatic N) is 5. The van der Waals surface area contributed by atoms with Crippen LogP contribution >= 0.6 is 0 Å². The number of fused-ring (bicyclic) bond motifs is 4. The summed E-state index contributed by atoms with van der Waals surface area (Å²) < 4.78 is 53.5. The Labute approximate surface area is 269 Å². The van der Waals surface area contributed by atoms with Gasteiger partial charge in [0.25, 0.3) is 0 Å². The van der Waals surface area contributed by atoms with Crippen molar-refractivity contribution in [1.29, 1.82) is 0 Å². The van der Waals surface area contributed by atoms with Crippen LogP contribution in [-0.2, 0) is 14.3 Å². The fraction of sp³-hybridized carbons (Fsp3) is 0.382. The molecule has 2 fully saturated rings. The van der Waals surface area contributed by atoms with E-state index in [4.69, 9.17) is 25.4 Å². The van der Waals surface area contributed by atoms with Gasteiger partial charge in [-0.1, -0.05) is 12.0 Å². The van der Waals surface area contributed by atoms with Crippen LogP contribution in [0.1, 0.15) is 39.2 Å². The third-order valence-electron chi connectivity index (χ3n) is 8.09. The van der Waals surface area contributed by atoms with E-state index < -0.39 is 17.2 Å². The van der Waals surface area contributed by atoms with Crippen molar-refractivity contribution >= 4 is 39.9 Å². The number of anilines is 1. The van der Waals surface area contributed by atoms with Gasteiger partial charge in [0.15, 0.2) is 18.9 Å². The van der Waals surface area contributed by atoms with Crippen LogP contribution in [0.25, 0.3) is 32.9 Å². The van der Waals surface area contributed by atoms with Crippen LogP contribution in [0.2, 0.25) is 0 Å². The number of terminal acetylenes is 1. The Bertz CT molecular complexity index is 1910. The highest BCUT2D eigenvalue weighted by Gasteiger charge is 2.45. The van der Waals surface area contributed by atoms with E-state index in [0.29, 0.717) is 36.3 Å². The summed E-state index contributed by atoms with van der Waals surface area (Å²) >= 11 is 0. The smallest absolute Gasteiger partial charge is 0.410 e. The number of carbonyl (C=O) groups is 2. The molecule has 4 aromatic rings. The van der Waals surface area contributed by atoms with Crippen molar-refractivity contribution in [1.82, 2.24) is 19.9 Å². The van der Waals surface area contributed by atoms with Gasteiger partial charge in [-0.15, -0.1) is 6.42 Å². The number of carbonyl (C=O) groups excluding carboxylic acids is 2. The van der Waals surface area contributed by atoms with Gasteiger partial charge >= 0.3 is 12.1 Å². The first-order chi connectivity index (χ1) is 22.5. The first kappa shape index (κ1) is 31.9. The lowest BCUT2D eigenvalue weighted by atomic mass is 9.95. The molecule has 0 spiro atoms. The Morgan fingerprint density at radius 3 is 2.53 bits per heavy atom. The Balaban J connectivity index is 1.48. The van der Waals surface area contributed by atoms with Crippen molar-refractivity contribution in [2.45, 2.75) is 51.3 Å². The summed E-state index contributed by atoms with van der Waals surface area (Å²) in [4.78, 5) is 41.3. The van der Waals surface area contributed by atoms with Crippen LogP contribution in [0.3, 0.4) is 0 Å². The highest BCUT2D eigenvalue weighted by molar-refractivity contribution is 6.03. The van der Waals surface area contributed by atoms with E-state index in [2.05, 4.69) is 20.9 Å². The molecule has 11 nitrogen and oxygen atoms in total. The van der Waals surface area contributed by atoms with Crippen molar-refractivity contribution in [3.63, 3.8) is 0 Å². The van der Waals surface area contributed by atoms with Gasteiger partial charge in [-0.05, 0) is 57.2 Å². The standard InChI is InChI=1S/C34H33F2N5O6/c1-6-23-26(35)10-7-19-13-22(46-18-44-5)14-24(27(19)23)29-28(36)30-25(15-37-29)31(39-32(38-30)45-12-11-42)40-16-20-8-9-21(17-40)41(20)33(43)47-34(2,3)4/h1,7,10-11,13-15,20-21H,8-9,12,16-18H2,2-5H3. The summed E-state index contributed by atoms with van der Waals surface area (Å²) in [5, 5.41) is 1.06. The van der Waals surface area contributed by atoms with Gasteiger partial charge < -0.3 is 23.8 Å². The largest absolute Gasteiger partial charge is 0.468 e. The maximum Gasteiger partial charge on any atom is 0.410 e. The normalized spacial score (nSPS) is 17.6. The zero-order valence-electron chi connectivity index (χ0n) is 26.4. The van der Waals surface area contributed by atoms with Crippen LogP contribution in [-0.4, -0.2) is 83.5 Å². The van der Waals surface area contributed by atoms with Crippen LogP contribution in [0.4, 0.5) is 19.4 Å². The number of benzene rings is 2. The number of amides is 1. The zero-order valence-corrected chi connectivity index (χ0v) is 26.4. The summed E-state index contributed by atoms with van der Waals surface area (Å²) in [5.41, 5.74) is -0.810. The lowest BCUT2D eigenvalue weighted by Crippen LogP contribution is -2.57. The molecule has 2 aliphatic rings. The minimum atomic E-state index is -0.838. The highest BCUT2D eigenvalue weighted by atomic mass is 19.1. The average molecular weight is 646 g/mol. The molecule has 2 atom stereocenters. The molecule has 0 aliphatic carbocycles. The average Bonchev–Trinajstić information content (AvgIpc) is 3.31. The molecule has 2 aromatic heterocycles.